The molecule has 1 aromatic rings. The largest absolute Gasteiger partial charge is 0.787 e. The van der Waals surface area contributed by atoms with E-state index in [1.54, 1.807) is 0 Å². The number of nitrogens with two attached hydrogens (primary N) is 3. The smallest absolute Gasteiger partial charge is 0.398 e. The van der Waals surface area contributed by atoms with Crippen LogP contribution in [0.2, 0.25) is 0 Å². The van der Waals surface area contributed by atoms with Gasteiger partial charge in [0, 0.05) is 0 Å². The summed E-state index contributed by atoms with van der Waals surface area (Å²) in [6.07, 6.45) is 0. The van der Waals surface area contributed by atoms with Crippen LogP contribution in [0.25, 0.3) is 0 Å². The minimum atomic E-state index is -0.329. The van der Waals surface area contributed by atoms with Gasteiger partial charge in [0.05, 0.1) is 0 Å². The second kappa shape index (κ2) is 6.82. The molecular formula is C3H9N11O. The maximum Gasteiger partial charge on any atom is 0.398 e. The normalized spacial score (nSPS) is 7.80. The average molecular weight is 215 g/mol. The van der Waals surface area contributed by atoms with E-state index in [1.807, 2.05) is 0 Å². The lowest BCUT2D eigenvalue weighted by molar-refractivity contribution is -0.474. The molecule has 12 nitrogen and oxygen atoms in total. The van der Waals surface area contributed by atoms with Crippen molar-refractivity contribution in [2.45, 2.75) is 0 Å². The Labute approximate surface area is 83.2 Å². The summed E-state index contributed by atoms with van der Waals surface area (Å²) in [6, 6.07) is 1.49. The zero-order valence-corrected chi connectivity index (χ0v) is 7.38. The molecule has 15 heavy (non-hydrogen) atoms. The summed E-state index contributed by atoms with van der Waals surface area (Å²) >= 11 is 0. The Morgan fingerprint density at radius 2 is 2.13 bits per heavy atom. The number of tetrazole rings is 1. The van der Waals surface area contributed by atoms with Crippen molar-refractivity contribution in [3.05, 3.63) is 11.0 Å². The Morgan fingerprint density at radius 3 is 2.27 bits per heavy atom. The number of nitrogens with one attached hydrogen (secondary N) is 3. The number of nitriles is 1. The second-order valence-electron chi connectivity index (χ2n) is 1.80. The van der Waals surface area contributed by atoms with Crippen LogP contribution in [-0.2, 0) is 0 Å². The molecule has 0 aliphatic rings. The Bertz CT molecular complexity index is 341. The molecule has 0 atom stereocenters. The highest BCUT2D eigenvalue weighted by atomic mass is 16.5. The summed E-state index contributed by atoms with van der Waals surface area (Å²) in [4.78, 5) is 0.0556. The lowest BCUT2D eigenvalue weighted by Crippen LogP contribution is -2.86. The first-order valence-electron chi connectivity index (χ1n) is 3.32. The molecule has 9 N–H and O–H groups in total. The molecule has 82 valence electrons. The Hall–Kier alpha value is -2.65. The summed E-state index contributed by atoms with van der Waals surface area (Å²) in [5.74, 6) is 14.4. The minimum absolute atomic E-state index is 0.0556. The van der Waals surface area contributed by atoms with Crippen LogP contribution in [0.3, 0.4) is 0 Å². The molecule has 0 aliphatic carbocycles. The van der Waals surface area contributed by atoms with E-state index in [4.69, 9.17) is 22.8 Å². The summed E-state index contributed by atoms with van der Waals surface area (Å²) in [6.45, 7) is 0. The number of guanidine groups is 1. The molecule has 0 amide bonds. The van der Waals surface area contributed by atoms with E-state index in [-0.39, 0.29) is 16.6 Å². The molecule has 1 rings (SSSR count). The van der Waals surface area contributed by atoms with Crippen molar-refractivity contribution in [3.63, 3.8) is 0 Å². The molecule has 0 radical (unpaired) electrons. The molecule has 1 aromatic heterocycles. The molecule has 0 aliphatic heterocycles. The molecule has 0 aromatic carbocycles. The molecule has 0 spiro atoms. The first-order valence-corrected chi connectivity index (χ1v) is 3.32. The van der Waals surface area contributed by atoms with Gasteiger partial charge in [-0.2, -0.15) is 22.0 Å². The number of aromatic nitrogens is 4. The van der Waals surface area contributed by atoms with Gasteiger partial charge in [-0.25, -0.2) is 15.7 Å². The van der Waals surface area contributed by atoms with Gasteiger partial charge in [-0.15, -0.1) is 0 Å². The number of hydrazine groups is 3. The maximum atomic E-state index is 10.1. The van der Waals surface area contributed by atoms with Gasteiger partial charge in [0.1, 0.15) is 6.07 Å². The first-order chi connectivity index (χ1) is 7.19. The van der Waals surface area contributed by atoms with Gasteiger partial charge < -0.3 is 5.21 Å². The lowest BCUT2D eigenvalue weighted by Gasteiger charge is -1.96. The standard InChI is InChI=1S/C2N5O.CH8N6/c3-1-2-4-5-6-7(2)8;2-5-1(6-3)7-4/h;2-4H2,(H2,5,6,7)/q-1;/p+1. The van der Waals surface area contributed by atoms with Gasteiger partial charge in [-0.3, -0.25) is 5.84 Å². The summed E-state index contributed by atoms with van der Waals surface area (Å²) in [7, 11) is 0. The number of hydrazone groups is 1. The van der Waals surface area contributed by atoms with Crippen LogP contribution in [0.5, 0.6) is 0 Å². The number of hydrogen-bond acceptors (Lipinski definition) is 8. The van der Waals surface area contributed by atoms with Crippen molar-refractivity contribution in [3.8, 4) is 6.07 Å². The van der Waals surface area contributed by atoms with Crippen LogP contribution in [0.1, 0.15) is 5.82 Å². The Kier molecular flexibility index (Phi) is 5.62. The van der Waals surface area contributed by atoms with E-state index < -0.39 is 0 Å². The van der Waals surface area contributed by atoms with Crippen LogP contribution in [0.15, 0.2) is 0 Å². The third kappa shape index (κ3) is 4.21. The summed E-state index contributed by atoms with van der Waals surface area (Å²) < 4.78 is 0. The summed E-state index contributed by atoms with van der Waals surface area (Å²) in [5, 5.41) is 29.1. The van der Waals surface area contributed by atoms with Crippen molar-refractivity contribution < 1.29 is 5.10 Å². The average Bonchev–Trinajstić information content (AvgIpc) is 2.67. The van der Waals surface area contributed by atoms with Gasteiger partial charge >= 0.3 is 5.96 Å². The molecule has 0 fully saturated rings. The van der Waals surface area contributed by atoms with E-state index in [1.165, 1.54) is 6.07 Å². The number of nitrogens with zero attached hydrogens (tertiary/aromatic N) is 5. The highest BCUT2D eigenvalue weighted by Gasteiger charge is 1.92. The highest BCUT2D eigenvalue weighted by molar-refractivity contribution is 5.72. The second-order valence-corrected chi connectivity index (χ2v) is 1.80. The predicted octanol–water partition coefficient (Wildman–Crippen LogP) is -5.89. The van der Waals surface area contributed by atoms with Crippen molar-refractivity contribution in [1.29, 1.82) is 5.26 Å². The summed E-state index contributed by atoms with van der Waals surface area (Å²) in [5.41, 5.74) is 4.29. The molecule has 0 saturated heterocycles. The third-order valence-corrected chi connectivity index (χ3v) is 0.975. The van der Waals surface area contributed by atoms with Crippen molar-refractivity contribution in [2.75, 3.05) is 0 Å². The van der Waals surface area contributed by atoms with Crippen molar-refractivity contribution in [2.24, 2.45) is 17.5 Å². The van der Waals surface area contributed by atoms with E-state index in [0.717, 1.165) is 0 Å². The maximum absolute atomic E-state index is 10.1. The zero-order chi connectivity index (χ0) is 11.7. The van der Waals surface area contributed by atoms with E-state index in [9.17, 15) is 5.21 Å². The van der Waals surface area contributed by atoms with Crippen LogP contribution < -0.4 is 33.5 Å². The molecule has 0 saturated carbocycles. The lowest BCUT2D eigenvalue weighted by atomic mass is 10.7. The molecule has 1 heterocycles. The SMILES string of the molecule is N#Cc1nnnn1[O-].NNC(NN)=[NH+]N. The number of hydrogen-bond donors (Lipinski definition) is 6. The van der Waals surface area contributed by atoms with Crippen LogP contribution in [-0.4, -0.2) is 26.3 Å². The van der Waals surface area contributed by atoms with Crippen molar-refractivity contribution >= 4 is 5.96 Å². The zero-order valence-electron chi connectivity index (χ0n) is 7.38. The van der Waals surface area contributed by atoms with Gasteiger partial charge in [0.2, 0.25) is 5.82 Å². The van der Waals surface area contributed by atoms with E-state index in [2.05, 4.69) is 31.5 Å². The predicted molar refractivity (Wildman–Crippen MR) is 46.1 cm³/mol. The quantitative estimate of drug-likeness (QED) is 0.104. The Balaban J connectivity index is 0.000000265. The van der Waals surface area contributed by atoms with Gasteiger partial charge in [0.25, 0.3) is 0 Å². The first kappa shape index (κ1) is 12.3. The monoisotopic (exact) mass is 215 g/mol. The number of rotatable bonds is 0. The van der Waals surface area contributed by atoms with Crippen molar-refractivity contribution in [1.82, 2.24) is 31.2 Å². The fourth-order valence-electron chi connectivity index (χ4n) is 0.369. The molecule has 0 unspecified atom stereocenters. The van der Waals surface area contributed by atoms with Gasteiger partial charge in [-0.1, -0.05) is 5.10 Å². The highest BCUT2D eigenvalue weighted by Crippen LogP contribution is 1.80. The molecular weight excluding hydrogens is 206 g/mol. The van der Waals surface area contributed by atoms with Crippen LogP contribution in [0.4, 0.5) is 0 Å². The van der Waals surface area contributed by atoms with Gasteiger partial charge in [0.15, 0.2) is 0 Å². The van der Waals surface area contributed by atoms with Crippen LogP contribution >= 0.6 is 0 Å². The van der Waals surface area contributed by atoms with E-state index >= 15 is 0 Å². The fourth-order valence-corrected chi connectivity index (χ4v) is 0.369. The topological polar surface area (TPSA) is 207 Å². The fraction of sp³-hybridized carbons (Fsp3) is 0. The molecule has 0 bridgehead atoms. The van der Waals surface area contributed by atoms with Crippen LogP contribution in [0, 0.1) is 16.5 Å². The van der Waals surface area contributed by atoms with E-state index in [0.29, 0.717) is 0 Å². The van der Waals surface area contributed by atoms with Gasteiger partial charge in [-0.05, 0) is 10.4 Å². The Morgan fingerprint density at radius 1 is 1.53 bits per heavy atom. The molecule has 12 heteroatoms. The minimum Gasteiger partial charge on any atom is -0.787 e. The third-order valence-electron chi connectivity index (χ3n) is 0.975.